The van der Waals surface area contributed by atoms with Crippen LogP contribution in [-0.2, 0) is 15.8 Å². The number of halogens is 3. The third-order valence-corrected chi connectivity index (χ3v) is 5.12. The van der Waals surface area contributed by atoms with E-state index in [0.29, 0.717) is 45.1 Å². The van der Waals surface area contributed by atoms with Crippen molar-refractivity contribution in [2.75, 3.05) is 13.2 Å². The number of carbonyl (C=O) groups is 2. The predicted molar refractivity (Wildman–Crippen MR) is 108 cm³/mol. The third kappa shape index (κ3) is 8.61. The Kier molecular flexibility index (Phi) is 9.36. The van der Waals surface area contributed by atoms with Gasteiger partial charge in [-0.3, -0.25) is 9.59 Å². The standard InChI is InChI=1S/C22H28F3NO5/c23-22(24,25)16-6-5-7-19(14-16)31-15-18(27)11-9-17-10-12-20(28)26(17)13-4-2-1-3-8-21(29)30/h2,4-7,14,17-18,27H,1,3,8-13,15H2,(H,29,30). The van der Waals surface area contributed by atoms with Crippen LogP contribution in [0.2, 0.25) is 0 Å². The first-order valence-electron chi connectivity index (χ1n) is 10.3. The molecule has 1 amide bonds. The quantitative estimate of drug-likeness (QED) is 0.376. The molecule has 2 unspecified atom stereocenters. The smallest absolute Gasteiger partial charge is 0.416 e. The fourth-order valence-corrected chi connectivity index (χ4v) is 3.44. The lowest BCUT2D eigenvalue weighted by Gasteiger charge is -2.24. The molecule has 1 aliphatic rings. The average Bonchev–Trinajstić information content (AvgIpc) is 3.06. The van der Waals surface area contributed by atoms with Crippen molar-refractivity contribution >= 4 is 11.9 Å². The fraction of sp³-hybridized carbons (Fsp3) is 0.545. The first kappa shape index (κ1) is 24.7. The average molecular weight is 443 g/mol. The van der Waals surface area contributed by atoms with Gasteiger partial charge in [-0.15, -0.1) is 0 Å². The lowest BCUT2D eigenvalue weighted by Crippen LogP contribution is -2.34. The molecule has 1 heterocycles. The number of likely N-dealkylation sites (tertiary alicyclic amines) is 1. The minimum Gasteiger partial charge on any atom is -0.491 e. The molecule has 1 aromatic rings. The van der Waals surface area contributed by atoms with Crippen molar-refractivity contribution in [3.63, 3.8) is 0 Å². The van der Waals surface area contributed by atoms with Crippen LogP contribution in [0.3, 0.4) is 0 Å². The minimum atomic E-state index is -4.46. The largest absolute Gasteiger partial charge is 0.491 e. The summed E-state index contributed by atoms with van der Waals surface area (Å²) < 4.78 is 43.5. The summed E-state index contributed by atoms with van der Waals surface area (Å²) in [6.45, 7) is 0.304. The number of rotatable bonds is 12. The molecule has 0 radical (unpaired) electrons. The number of unbranched alkanes of at least 4 members (excludes halogenated alkanes) is 1. The van der Waals surface area contributed by atoms with Crippen LogP contribution in [-0.4, -0.2) is 52.3 Å². The summed E-state index contributed by atoms with van der Waals surface area (Å²) in [5.74, 6) is -0.756. The van der Waals surface area contributed by atoms with Gasteiger partial charge >= 0.3 is 12.1 Å². The van der Waals surface area contributed by atoms with E-state index < -0.39 is 23.8 Å². The maximum absolute atomic E-state index is 12.7. The summed E-state index contributed by atoms with van der Waals surface area (Å²) in [4.78, 5) is 24.3. The van der Waals surface area contributed by atoms with Gasteiger partial charge in [-0.2, -0.15) is 13.2 Å². The minimum absolute atomic E-state index is 0.0145. The van der Waals surface area contributed by atoms with Gasteiger partial charge in [0.15, 0.2) is 0 Å². The molecule has 1 aromatic carbocycles. The number of alkyl halides is 3. The SMILES string of the molecule is O=C(O)CCCC=CCN1C(=O)CCC1CCC(O)COc1cccc(C(F)(F)F)c1. The second-order valence-electron chi connectivity index (χ2n) is 7.56. The summed E-state index contributed by atoms with van der Waals surface area (Å²) in [5.41, 5.74) is -0.810. The number of nitrogens with zero attached hydrogens (tertiary/aromatic N) is 1. The number of aliphatic carboxylic acids is 1. The van der Waals surface area contributed by atoms with Crippen LogP contribution in [0, 0.1) is 0 Å². The van der Waals surface area contributed by atoms with Crippen molar-refractivity contribution < 1.29 is 37.7 Å². The zero-order valence-electron chi connectivity index (χ0n) is 17.2. The maximum Gasteiger partial charge on any atom is 0.416 e. The number of allylic oxidation sites excluding steroid dienone is 1. The van der Waals surface area contributed by atoms with E-state index in [1.54, 1.807) is 4.90 Å². The zero-order chi connectivity index (χ0) is 22.9. The number of amides is 1. The number of carboxylic acids is 1. The Morgan fingerprint density at radius 3 is 2.81 bits per heavy atom. The lowest BCUT2D eigenvalue weighted by molar-refractivity contribution is -0.138. The Hall–Kier alpha value is -2.55. The molecular formula is C22H28F3NO5. The van der Waals surface area contributed by atoms with Crippen molar-refractivity contribution in [2.24, 2.45) is 0 Å². The molecule has 2 N–H and O–H groups in total. The van der Waals surface area contributed by atoms with Crippen molar-refractivity contribution in [3.05, 3.63) is 42.0 Å². The molecular weight excluding hydrogens is 415 g/mol. The van der Waals surface area contributed by atoms with Gasteiger partial charge in [0.05, 0.1) is 11.7 Å². The van der Waals surface area contributed by atoms with Crippen LogP contribution in [0.1, 0.15) is 50.5 Å². The molecule has 172 valence electrons. The summed E-state index contributed by atoms with van der Waals surface area (Å²) in [7, 11) is 0. The van der Waals surface area contributed by atoms with Crippen LogP contribution in [0.15, 0.2) is 36.4 Å². The van der Waals surface area contributed by atoms with E-state index >= 15 is 0 Å². The number of aliphatic hydroxyl groups is 1. The number of carbonyl (C=O) groups excluding carboxylic acids is 1. The highest BCUT2D eigenvalue weighted by Crippen LogP contribution is 2.31. The van der Waals surface area contributed by atoms with E-state index in [0.717, 1.165) is 12.1 Å². The van der Waals surface area contributed by atoms with Gasteiger partial charge in [-0.25, -0.2) is 0 Å². The highest BCUT2D eigenvalue weighted by Gasteiger charge is 2.31. The van der Waals surface area contributed by atoms with Gasteiger partial charge < -0.3 is 19.8 Å². The normalized spacial score (nSPS) is 18.0. The zero-order valence-corrected chi connectivity index (χ0v) is 17.2. The van der Waals surface area contributed by atoms with Crippen molar-refractivity contribution in [1.82, 2.24) is 4.90 Å². The van der Waals surface area contributed by atoms with E-state index in [9.17, 15) is 27.9 Å². The van der Waals surface area contributed by atoms with E-state index in [-0.39, 0.29) is 30.7 Å². The van der Waals surface area contributed by atoms with Gasteiger partial charge in [0.25, 0.3) is 0 Å². The lowest BCUT2D eigenvalue weighted by atomic mass is 10.1. The van der Waals surface area contributed by atoms with Crippen LogP contribution in [0.25, 0.3) is 0 Å². The Bertz CT molecular complexity index is 766. The van der Waals surface area contributed by atoms with E-state index in [4.69, 9.17) is 9.84 Å². The fourth-order valence-electron chi connectivity index (χ4n) is 3.44. The number of benzene rings is 1. The number of hydrogen-bond acceptors (Lipinski definition) is 4. The summed E-state index contributed by atoms with van der Waals surface area (Å²) in [5, 5.41) is 18.8. The maximum atomic E-state index is 12.7. The number of ether oxygens (including phenoxy) is 1. The summed E-state index contributed by atoms with van der Waals surface area (Å²) >= 11 is 0. The molecule has 9 heteroatoms. The first-order chi connectivity index (χ1) is 14.7. The van der Waals surface area contributed by atoms with Gasteiger partial charge in [-0.05, 0) is 50.3 Å². The third-order valence-electron chi connectivity index (χ3n) is 5.12. The number of hydrogen-bond donors (Lipinski definition) is 2. The van der Waals surface area contributed by atoms with Crippen LogP contribution < -0.4 is 4.74 Å². The van der Waals surface area contributed by atoms with E-state index in [1.165, 1.54) is 12.1 Å². The summed E-state index contributed by atoms with van der Waals surface area (Å²) in [6.07, 6.45) is 1.72. The predicted octanol–water partition coefficient (Wildman–Crippen LogP) is 4.03. The molecule has 2 rings (SSSR count). The highest BCUT2D eigenvalue weighted by atomic mass is 19.4. The van der Waals surface area contributed by atoms with Crippen molar-refractivity contribution in [3.8, 4) is 5.75 Å². The van der Waals surface area contributed by atoms with Gasteiger partial charge in [0, 0.05) is 25.4 Å². The molecule has 0 spiro atoms. The number of aliphatic hydroxyl groups excluding tert-OH is 1. The second-order valence-corrected chi connectivity index (χ2v) is 7.56. The Balaban J connectivity index is 1.74. The molecule has 6 nitrogen and oxygen atoms in total. The molecule has 2 atom stereocenters. The topological polar surface area (TPSA) is 87.1 Å². The Labute approximate surface area is 179 Å². The molecule has 0 aromatic heterocycles. The Morgan fingerprint density at radius 1 is 1.32 bits per heavy atom. The van der Waals surface area contributed by atoms with Crippen LogP contribution in [0.4, 0.5) is 13.2 Å². The monoisotopic (exact) mass is 443 g/mol. The van der Waals surface area contributed by atoms with Gasteiger partial charge in [-0.1, -0.05) is 18.2 Å². The van der Waals surface area contributed by atoms with Gasteiger partial charge in [0.1, 0.15) is 12.4 Å². The molecule has 0 bridgehead atoms. The first-order valence-corrected chi connectivity index (χ1v) is 10.3. The highest BCUT2D eigenvalue weighted by molar-refractivity contribution is 5.78. The van der Waals surface area contributed by atoms with Crippen LogP contribution in [0.5, 0.6) is 5.75 Å². The molecule has 1 saturated heterocycles. The van der Waals surface area contributed by atoms with E-state index in [2.05, 4.69) is 0 Å². The molecule has 0 saturated carbocycles. The van der Waals surface area contributed by atoms with Crippen molar-refractivity contribution in [1.29, 1.82) is 0 Å². The molecule has 1 aliphatic heterocycles. The van der Waals surface area contributed by atoms with Crippen LogP contribution >= 0.6 is 0 Å². The summed E-state index contributed by atoms with van der Waals surface area (Å²) in [6, 6.07) is 4.49. The Morgan fingerprint density at radius 2 is 2.10 bits per heavy atom. The second kappa shape index (κ2) is 11.7. The number of carboxylic acid groups (broad SMARTS) is 1. The molecule has 0 aliphatic carbocycles. The molecule has 1 fully saturated rings. The molecule has 31 heavy (non-hydrogen) atoms. The van der Waals surface area contributed by atoms with Gasteiger partial charge in [0.2, 0.25) is 5.91 Å². The van der Waals surface area contributed by atoms with Crippen molar-refractivity contribution in [2.45, 2.75) is 63.3 Å². The van der Waals surface area contributed by atoms with E-state index in [1.807, 2.05) is 12.2 Å².